The molecule has 0 spiro atoms. The monoisotopic (exact) mass is 499 g/mol. The van der Waals surface area contributed by atoms with Crippen LogP contribution in [0.4, 0.5) is 5.69 Å². The minimum absolute atomic E-state index is 0.0237. The minimum Gasteiger partial charge on any atom is -0.478 e. The van der Waals surface area contributed by atoms with Gasteiger partial charge in [-0.1, -0.05) is 36.4 Å². The van der Waals surface area contributed by atoms with Crippen LogP contribution in [0.3, 0.4) is 0 Å². The van der Waals surface area contributed by atoms with Gasteiger partial charge in [-0.25, -0.2) is 4.79 Å². The van der Waals surface area contributed by atoms with E-state index in [0.717, 1.165) is 23.7 Å². The van der Waals surface area contributed by atoms with Crippen molar-refractivity contribution in [2.75, 3.05) is 31.5 Å². The summed E-state index contributed by atoms with van der Waals surface area (Å²) in [4.78, 5) is 46.0. The molecule has 0 saturated carbocycles. The molecule has 9 heteroatoms. The summed E-state index contributed by atoms with van der Waals surface area (Å²) in [6, 6.07) is 17.4. The highest BCUT2D eigenvalue weighted by Crippen LogP contribution is 2.38. The second kappa shape index (κ2) is 10.4. The molecule has 0 aliphatic carbocycles. The number of pyridine rings is 1. The van der Waals surface area contributed by atoms with E-state index in [1.807, 2.05) is 49.4 Å². The number of carbonyl (C=O) groups is 3. The van der Waals surface area contributed by atoms with Gasteiger partial charge in [-0.15, -0.1) is 0 Å². The molecule has 37 heavy (non-hydrogen) atoms. The Hall–Kier alpha value is -4.24. The highest BCUT2D eigenvalue weighted by molar-refractivity contribution is 6.07. The largest absolute Gasteiger partial charge is 0.478 e. The van der Waals surface area contributed by atoms with E-state index in [1.54, 1.807) is 34.3 Å². The van der Waals surface area contributed by atoms with Crippen molar-refractivity contribution in [1.29, 1.82) is 0 Å². The Morgan fingerprint density at radius 1 is 1.03 bits per heavy atom. The summed E-state index contributed by atoms with van der Waals surface area (Å²) in [7, 11) is 0. The Labute approximate surface area is 215 Å². The predicted molar refractivity (Wildman–Crippen MR) is 139 cm³/mol. The first kappa shape index (κ1) is 24.5. The van der Waals surface area contributed by atoms with Gasteiger partial charge in [0.25, 0.3) is 5.91 Å². The number of aromatic nitrogens is 1. The third-order valence-corrected chi connectivity index (χ3v) is 6.91. The zero-order valence-corrected chi connectivity index (χ0v) is 20.6. The summed E-state index contributed by atoms with van der Waals surface area (Å²) in [5.74, 6) is -1.84. The summed E-state index contributed by atoms with van der Waals surface area (Å²) in [6.45, 7) is 3.34. The molecule has 3 heterocycles. The molecule has 3 aromatic rings. The van der Waals surface area contributed by atoms with Crippen molar-refractivity contribution in [3.63, 3.8) is 0 Å². The molecule has 2 amide bonds. The number of benzene rings is 2. The molecule has 1 fully saturated rings. The number of anilines is 1. The summed E-state index contributed by atoms with van der Waals surface area (Å²) >= 11 is 0. The van der Waals surface area contributed by atoms with Crippen LogP contribution >= 0.6 is 0 Å². The van der Waals surface area contributed by atoms with E-state index >= 15 is 0 Å². The molecule has 190 valence electrons. The Bertz CT molecular complexity index is 1360. The number of aliphatic carboxylic acids is 1. The van der Waals surface area contributed by atoms with Gasteiger partial charge in [-0.3, -0.25) is 19.6 Å². The Morgan fingerprint density at radius 3 is 2.49 bits per heavy atom. The van der Waals surface area contributed by atoms with Gasteiger partial charge >= 0.3 is 5.97 Å². The van der Waals surface area contributed by atoms with Crippen LogP contribution in [-0.2, 0) is 14.4 Å². The minimum atomic E-state index is -1.22. The molecule has 5 rings (SSSR count). The average Bonchev–Trinajstić information content (AvgIpc) is 3.46. The maximum atomic E-state index is 13.9. The first-order valence-corrected chi connectivity index (χ1v) is 12.5. The average molecular weight is 500 g/mol. The Balaban J connectivity index is 1.65. The fourth-order valence-corrected chi connectivity index (χ4v) is 5.16. The van der Waals surface area contributed by atoms with Crippen molar-refractivity contribution in [1.82, 2.24) is 19.9 Å². The number of rotatable bonds is 7. The van der Waals surface area contributed by atoms with Gasteiger partial charge < -0.3 is 15.3 Å². The molecule has 2 aromatic carbocycles. The number of amides is 2. The quantitative estimate of drug-likeness (QED) is 0.513. The first-order chi connectivity index (χ1) is 18.0. The number of hydrazine groups is 1. The molecule has 1 atom stereocenters. The molecular formula is C28H29N5O4. The van der Waals surface area contributed by atoms with Crippen LogP contribution in [0.15, 0.2) is 78.1 Å². The molecule has 0 bridgehead atoms. The van der Waals surface area contributed by atoms with Gasteiger partial charge in [0.05, 0.1) is 23.7 Å². The standard InChI is InChI=1S/C28H29N5O4/c1-2-32-27(35)25(30-22-14-8-13-21-20(22)12-9-15-29-21)24(28(36)37)26(19-10-4-3-5-11-19)33(32)18-23(34)31-16-6-7-17-31/h3-5,8-15,26,30H,2,6-7,16-18H2,1H3,(H,36,37). The summed E-state index contributed by atoms with van der Waals surface area (Å²) in [6.07, 6.45) is 3.57. The number of fused-ring (bicyclic) bond motifs is 1. The number of hydrogen-bond acceptors (Lipinski definition) is 6. The van der Waals surface area contributed by atoms with E-state index in [1.165, 1.54) is 5.01 Å². The molecule has 2 N–H and O–H groups in total. The van der Waals surface area contributed by atoms with Crippen LogP contribution in [0.2, 0.25) is 0 Å². The second-order valence-electron chi connectivity index (χ2n) is 9.11. The third kappa shape index (κ3) is 4.65. The molecule has 9 nitrogen and oxygen atoms in total. The zero-order valence-electron chi connectivity index (χ0n) is 20.6. The van der Waals surface area contributed by atoms with Crippen LogP contribution < -0.4 is 5.32 Å². The number of hydrogen-bond donors (Lipinski definition) is 2. The van der Waals surface area contributed by atoms with Crippen molar-refractivity contribution < 1.29 is 19.5 Å². The summed E-state index contributed by atoms with van der Waals surface area (Å²) < 4.78 is 0. The number of nitrogens with zero attached hydrogens (tertiary/aromatic N) is 4. The predicted octanol–water partition coefficient (Wildman–Crippen LogP) is 3.43. The van der Waals surface area contributed by atoms with Crippen LogP contribution in [0, 0.1) is 0 Å². The normalized spacial score (nSPS) is 18.5. The van der Waals surface area contributed by atoms with Crippen molar-refractivity contribution in [2.24, 2.45) is 0 Å². The van der Waals surface area contributed by atoms with Gasteiger partial charge in [-0.05, 0) is 49.6 Å². The van der Waals surface area contributed by atoms with Crippen molar-refractivity contribution in [3.05, 3.63) is 83.7 Å². The van der Waals surface area contributed by atoms with E-state index in [9.17, 15) is 19.5 Å². The molecule has 1 saturated heterocycles. The molecule has 0 radical (unpaired) electrons. The van der Waals surface area contributed by atoms with E-state index in [2.05, 4.69) is 10.3 Å². The van der Waals surface area contributed by atoms with Crippen molar-refractivity contribution in [3.8, 4) is 0 Å². The number of likely N-dealkylation sites (tertiary alicyclic amines) is 1. The van der Waals surface area contributed by atoms with E-state index in [0.29, 0.717) is 24.3 Å². The van der Waals surface area contributed by atoms with Crippen LogP contribution in [0.5, 0.6) is 0 Å². The van der Waals surface area contributed by atoms with Gasteiger partial charge in [-0.2, -0.15) is 5.01 Å². The Kier molecular flexibility index (Phi) is 6.87. The molecule has 1 aromatic heterocycles. The lowest BCUT2D eigenvalue weighted by Crippen LogP contribution is -2.57. The maximum absolute atomic E-state index is 13.9. The molecular weight excluding hydrogens is 470 g/mol. The van der Waals surface area contributed by atoms with Gasteiger partial charge in [0, 0.05) is 36.9 Å². The number of carboxylic acids is 1. The fourth-order valence-electron chi connectivity index (χ4n) is 5.16. The van der Waals surface area contributed by atoms with Crippen molar-refractivity contribution in [2.45, 2.75) is 25.8 Å². The molecule has 2 aliphatic heterocycles. The van der Waals surface area contributed by atoms with Crippen LogP contribution in [-0.4, -0.2) is 69.0 Å². The Morgan fingerprint density at radius 2 is 1.78 bits per heavy atom. The summed E-state index contributed by atoms with van der Waals surface area (Å²) in [5, 5.41) is 17.5. The topological polar surface area (TPSA) is 106 Å². The van der Waals surface area contributed by atoms with Gasteiger partial charge in [0.1, 0.15) is 5.70 Å². The lowest BCUT2D eigenvalue weighted by Gasteiger charge is -2.44. The number of likely N-dealkylation sites (N-methyl/N-ethyl adjacent to an activating group) is 1. The van der Waals surface area contributed by atoms with E-state index in [4.69, 9.17) is 0 Å². The van der Waals surface area contributed by atoms with E-state index < -0.39 is 17.9 Å². The number of carbonyl (C=O) groups excluding carboxylic acids is 2. The number of nitrogens with one attached hydrogen (secondary N) is 1. The maximum Gasteiger partial charge on any atom is 0.335 e. The van der Waals surface area contributed by atoms with Crippen LogP contribution in [0.1, 0.15) is 31.4 Å². The third-order valence-electron chi connectivity index (χ3n) is 6.91. The van der Waals surface area contributed by atoms with Gasteiger partial charge in [0.2, 0.25) is 5.91 Å². The smallest absolute Gasteiger partial charge is 0.335 e. The lowest BCUT2D eigenvalue weighted by atomic mass is 9.93. The summed E-state index contributed by atoms with van der Waals surface area (Å²) in [5.41, 5.74) is 1.86. The highest BCUT2D eigenvalue weighted by atomic mass is 16.4. The second-order valence-corrected chi connectivity index (χ2v) is 9.11. The SMILES string of the molecule is CCN1C(=O)C(Nc2cccc3ncccc23)=C(C(=O)O)C(c2ccccc2)N1CC(=O)N1CCCC1. The number of carboxylic acid groups (broad SMARTS) is 1. The fraction of sp³-hybridized carbons (Fsp3) is 0.286. The zero-order chi connectivity index (χ0) is 25.9. The van der Waals surface area contributed by atoms with Crippen molar-refractivity contribution >= 4 is 34.4 Å². The van der Waals surface area contributed by atoms with Crippen LogP contribution in [0.25, 0.3) is 10.9 Å². The first-order valence-electron chi connectivity index (χ1n) is 12.5. The van der Waals surface area contributed by atoms with E-state index in [-0.39, 0.29) is 30.3 Å². The van der Waals surface area contributed by atoms with Gasteiger partial charge in [0.15, 0.2) is 0 Å². The highest BCUT2D eigenvalue weighted by Gasteiger charge is 2.44. The molecule has 1 unspecified atom stereocenters. The lowest BCUT2D eigenvalue weighted by molar-refractivity contribution is -0.159. The molecule has 2 aliphatic rings.